The second-order valence-corrected chi connectivity index (χ2v) is 6.72. The SMILES string of the molecule is O=C(O)CC(NC(=O)c1cc2c(s1)CCC2)c1ccc(F)cc1. The predicted octanol–water partition coefficient (Wildman–Crippen LogP) is 3.32. The summed E-state index contributed by atoms with van der Waals surface area (Å²) in [6.07, 6.45) is 2.88. The Labute approximate surface area is 137 Å². The average molecular weight is 333 g/mol. The molecule has 23 heavy (non-hydrogen) atoms. The number of hydrogen-bond donors (Lipinski definition) is 2. The normalized spacial score (nSPS) is 14.3. The fraction of sp³-hybridized carbons (Fsp3) is 0.294. The lowest BCUT2D eigenvalue weighted by atomic mass is 10.0. The standard InChI is InChI=1S/C17H16FNO3S/c18-12-6-4-10(5-7-12)13(9-16(20)21)19-17(22)15-8-11-2-1-3-14(11)23-15/h4-8,13H,1-3,9H2,(H,19,22)(H,20,21). The zero-order chi connectivity index (χ0) is 16.4. The summed E-state index contributed by atoms with van der Waals surface area (Å²) in [5.74, 6) is -1.70. The second kappa shape index (κ2) is 6.50. The number of carbonyl (C=O) groups is 2. The van der Waals surface area contributed by atoms with Crippen LogP contribution in [0, 0.1) is 5.82 Å². The molecule has 3 rings (SSSR count). The van der Waals surface area contributed by atoms with Gasteiger partial charge in [0, 0.05) is 4.88 Å². The maximum absolute atomic E-state index is 13.0. The fourth-order valence-electron chi connectivity index (χ4n) is 2.79. The van der Waals surface area contributed by atoms with E-state index in [0.717, 1.165) is 19.3 Å². The third kappa shape index (κ3) is 3.59. The first-order valence-corrected chi connectivity index (χ1v) is 8.24. The van der Waals surface area contributed by atoms with Crippen LogP contribution < -0.4 is 5.32 Å². The molecule has 0 aliphatic heterocycles. The molecule has 2 N–H and O–H groups in total. The van der Waals surface area contributed by atoms with Gasteiger partial charge in [-0.05, 0) is 48.6 Å². The molecule has 0 spiro atoms. The van der Waals surface area contributed by atoms with E-state index in [-0.39, 0.29) is 12.3 Å². The van der Waals surface area contributed by atoms with Gasteiger partial charge in [0.25, 0.3) is 5.91 Å². The molecule has 1 heterocycles. The summed E-state index contributed by atoms with van der Waals surface area (Å²) in [4.78, 5) is 25.3. The summed E-state index contributed by atoms with van der Waals surface area (Å²) in [7, 11) is 0. The molecular formula is C17H16FNO3S. The maximum Gasteiger partial charge on any atom is 0.305 e. The molecule has 1 aromatic heterocycles. The minimum Gasteiger partial charge on any atom is -0.481 e. The molecule has 1 aliphatic rings. The highest BCUT2D eigenvalue weighted by Gasteiger charge is 2.22. The molecule has 1 atom stereocenters. The third-order valence-corrected chi connectivity index (χ3v) is 5.16. The Bertz CT molecular complexity index is 717. The topological polar surface area (TPSA) is 66.4 Å². The summed E-state index contributed by atoms with van der Waals surface area (Å²) in [5.41, 5.74) is 1.79. The van der Waals surface area contributed by atoms with Crippen LogP contribution in [0.5, 0.6) is 0 Å². The first kappa shape index (κ1) is 15.7. The van der Waals surface area contributed by atoms with Crippen LogP contribution in [0.25, 0.3) is 0 Å². The number of carboxylic acids is 1. The van der Waals surface area contributed by atoms with E-state index in [1.165, 1.54) is 46.0 Å². The van der Waals surface area contributed by atoms with Crippen LogP contribution in [-0.4, -0.2) is 17.0 Å². The van der Waals surface area contributed by atoms with Crippen molar-refractivity contribution < 1.29 is 19.1 Å². The first-order valence-electron chi connectivity index (χ1n) is 7.42. The molecule has 2 aromatic rings. The number of amides is 1. The molecule has 1 unspecified atom stereocenters. The van der Waals surface area contributed by atoms with Gasteiger partial charge in [0.15, 0.2) is 0 Å². The van der Waals surface area contributed by atoms with E-state index < -0.39 is 17.8 Å². The molecule has 0 fully saturated rings. The molecule has 4 nitrogen and oxygen atoms in total. The van der Waals surface area contributed by atoms with Gasteiger partial charge in [-0.1, -0.05) is 12.1 Å². The minimum absolute atomic E-state index is 0.248. The average Bonchev–Trinajstić information content (AvgIpc) is 3.08. The zero-order valence-corrected chi connectivity index (χ0v) is 13.2. The summed E-state index contributed by atoms with van der Waals surface area (Å²) in [6.45, 7) is 0. The number of halogens is 1. The van der Waals surface area contributed by atoms with E-state index >= 15 is 0 Å². The number of aryl methyl sites for hydroxylation is 2. The van der Waals surface area contributed by atoms with Crippen LogP contribution in [0.1, 0.15) is 44.6 Å². The van der Waals surface area contributed by atoms with E-state index in [0.29, 0.717) is 10.4 Å². The highest BCUT2D eigenvalue weighted by molar-refractivity contribution is 7.14. The summed E-state index contributed by atoms with van der Waals surface area (Å²) < 4.78 is 13.0. The van der Waals surface area contributed by atoms with E-state index in [4.69, 9.17) is 5.11 Å². The second-order valence-electron chi connectivity index (χ2n) is 5.59. The van der Waals surface area contributed by atoms with Crippen LogP contribution in [0.3, 0.4) is 0 Å². The number of carbonyl (C=O) groups excluding carboxylic acids is 1. The van der Waals surface area contributed by atoms with Gasteiger partial charge in [0.1, 0.15) is 5.82 Å². The third-order valence-electron chi connectivity index (χ3n) is 3.93. The van der Waals surface area contributed by atoms with Gasteiger partial charge in [-0.3, -0.25) is 9.59 Å². The van der Waals surface area contributed by atoms with E-state index in [2.05, 4.69) is 5.32 Å². The van der Waals surface area contributed by atoms with Gasteiger partial charge in [-0.15, -0.1) is 11.3 Å². The van der Waals surface area contributed by atoms with Crippen molar-refractivity contribution in [3.63, 3.8) is 0 Å². The largest absolute Gasteiger partial charge is 0.481 e. The van der Waals surface area contributed by atoms with Gasteiger partial charge in [-0.2, -0.15) is 0 Å². The number of hydrogen-bond acceptors (Lipinski definition) is 3. The number of rotatable bonds is 5. The number of nitrogens with one attached hydrogen (secondary N) is 1. The van der Waals surface area contributed by atoms with Crippen molar-refractivity contribution in [2.45, 2.75) is 31.7 Å². The van der Waals surface area contributed by atoms with E-state index in [1.807, 2.05) is 6.07 Å². The highest BCUT2D eigenvalue weighted by Crippen LogP contribution is 2.31. The van der Waals surface area contributed by atoms with Gasteiger partial charge in [0.05, 0.1) is 17.3 Å². The molecule has 0 radical (unpaired) electrons. The maximum atomic E-state index is 13.0. The lowest BCUT2D eigenvalue weighted by Gasteiger charge is -2.17. The first-order chi connectivity index (χ1) is 11.0. The molecule has 1 aromatic carbocycles. The Morgan fingerprint density at radius 1 is 1.26 bits per heavy atom. The van der Waals surface area contributed by atoms with E-state index in [1.54, 1.807) is 0 Å². The van der Waals surface area contributed by atoms with Crippen LogP contribution in [0.15, 0.2) is 30.3 Å². The molecule has 6 heteroatoms. The molecule has 1 aliphatic carbocycles. The van der Waals surface area contributed by atoms with Crippen LogP contribution >= 0.6 is 11.3 Å². The van der Waals surface area contributed by atoms with Gasteiger partial charge >= 0.3 is 5.97 Å². The zero-order valence-electron chi connectivity index (χ0n) is 12.3. The number of fused-ring (bicyclic) bond motifs is 1. The molecule has 0 bridgehead atoms. The highest BCUT2D eigenvalue weighted by atomic mass is 32.1. The minimum atomic E-state index is -1.02. The number of aliphatic carboxylic acids is 1. The summed E-state index contributed by atoms with van der Waals surface area (Å²) in [5, 5.41) is 11.8. The van der Waals surface area contributed by atoms with Crippen molar-refractivity contribution in [2.75, 3.05) is 0 Å². The Balaban J connectivity index is 1.78. The fourth-order valence-corrected chi connectivity index (χ4v) is 3.95. The molecule has 0 saturated heterocycles. The van der Waals surface area contributed by atoms with Gasteiger partial charge in [0.2, 0.25) is 0 Å². The molecule has 0 saturated carbocycles. The molecular weight excluding hydrogens is 317 g/mol. The van der Waals surface area contributed by atoms with Crippen LogP contribution in [0.4, 0.5) is 4.39 Å². The summed E-state index contributed by atoms with van der Waals surface area (Å²) in [6, 6.07) is 6.73. The van der Waals surface area contributed by atoms with Crippen LogP contribution in [0.2, 0.25) is 0 Å². The van der Waals surface area contributed by atoms with Gasteiger partial charge < -0.3 is 10.4 Å². The lowest BCUT2D eigenvalue weighted by molar-refractivity contribution is -0.137. The molecule has 120 valence electrons. The monoisotopic (exact) mass is 333 g/mol. The summed E-state index contributed by atoms with van der Waals surface area (Å²) >= 11 is 1.47. The molecule has 1 amide bonds. The van der Waals surface area contributed by atoms with E-state index in [9.17, 15) is 14.0 Å². The van der Waals surface area contributed by atoms with Crippen molar-refractivity contribution >= 4 is 23.2 Å². The number of thiophene rings is 1. The number of benzene rings is 1. The van der Waals surface area contributed by atoms with Crippen molar-refractivity contribution in [1.82, 2.24) is 5.32 Å². The predicted molar refractivity (Wildman–Crippen MR) is 85.2 cm³/mol. The smallest absolute Gasteiger partial charge is 0.305 e. The van der Waals surface area contributed by atoms with Crippen molar-refractivity contribution in [3.05, 3.63) is 57.0 Å². The van der Waals surface area contributed by atoms with Crippen molar-refractivity contribution in [3.8, 4) is 0 Å². The Morgan fingerprint density at radius 2 is 2.00 bits per heavy atom. The van der Waals surface area contributed by atoms with Crippen molar-refractivity contribution in [1.29, 1.82) is 0 Å². The van der Waals surface area contributed by atoms with Crippen LogP contribution in [-0.2, 0) is 17.6 Å². The van der Waals surface area contributed by atoms with Crippen molar-refractivity contribution in [2.24, 2.45) is 0 Å². The lowest BCUT2D eigenvalue weighted by Crippen LogP contribution is -2.29. The Hall–Kier alpha value is -2.21. The van der Waals surface area contributed by atoms with Gasteiger partial charge in [-0.25, -0.2) is 4.39 Å². The quantitative estimate of drug-likeness (QED) is 0.882. The Kier molecular flexibility index (Phi) is 4.43. The Morgan fingerprint density at radius 3 is 2.65 bits per heavy atom. The number of carboxylic acid groups (broad SMARTS) is 1.